The fraction of sp³-hybridized carbons (Fsp3) is 0.346. The number of anilines is 1. The van der Waals surface area contributed by atoms with Gasteiger partial charge in [-0.1, -0.05) is 49.2 Å². The zero-order chi connectivity index (χ0) is 23.5. The Morgan fingerprint density at radius 3 is 2.38 bits per heavy atom. The van der Waals surface area contributed by atoms with E-state index in [1.807, 2.05) is 36.4 Å². The summed E-state index contributed by atoms with van der Waals surface area (Å²) >= 11 is 0. The lowest BCUT2D eigenvalue weighted by atomic mass is 10.1. The van der Waals surface area contributed by atoms with E-state index in [2.05, 4.69) is 4.90 Å². The van der Waals surface area contributed by atoms with Gasteiger partial charge in [-0.25, -0.2) is 18.4 Å². The van der Waals surface area contributed by atoms with Crippen LogP contribution in [0.3, 0.4) is 0 Å². The Balaban J connectivity index is 1.56. The van der Waals surface area contributed by atoms with Crippen LogP contribution in [-0.2, 0) is 23.0 Å². The molecule has 0 spiro atoms. The number of hydrogen-bond acceptors (Lipinski definition) is 6. The number of nitriles is 1. The Morgan fingerprint density at radius 2 is 1.65 bits per heavy atom. The van der Waals surface area contributed by atoms with Gasteiger partial charge in [0.2, 0.25) is 10.0 Å². The Hall–Kier alpha value is -3.28. The molecule has 0 saturated carbocycles. The number of rotatable bonds is 4. The molecule has 1 aromatic heterocycles. The zero-order valence-corrected chi connectivity index (χ0v) is 19.8. The van der Waals surface area contributed by atoms with Crippen LogP contribution in [0.4, 0.5) is 5.82 Å². The molecule has 34 heavy (non-hydrogen) atoms. The molecule has 8 heteroatoms. The highest BCUT2D eigenvalue weighted by Gasteiger charge is 2.32. The lowest BCUT2D eigenvalue weighted by molar-refractivity contribution is 0.387. The molecule has 0 amide bonds. The normalized spacial score (nSPS) is 17.0. The van der Waals surface area contributed by atoms with Gasteiger partial charge in [-0.2, -0.15) is 9.57 Å². The van der Waals surface area contributed by atoms with Gasteiger partial charge in [0, 0.05) is 43.7 Å². The van der Waals surface area contributed by atoms with Gasteiger partial charge in [0.15, 0.2) is 5.82 Å². The molecular formula is C26H27N5O2S. The van der Waals surface area contributed by atoms with Crippen molar-refractivity contribution < 1.29 is 8.42 Å². The quantitative estimate of drug-likeness (QED) is 0.566. The van der Waals surface area contributed by atoms with Crippen molar-refractivity contribution in [3.05, 3.63) is 71.4 Å². The lowest BCUT2D eigenvalue weighted by Gasteiger charge is -2.32. The molecule has 3 aromatic rings. The van der Waals surface area contributed by atoms with E-state index in [9.17, 15) is 13.7 Å². The molecule has 1 saturated heterocycles. The van der Waals surface area contributed by atoms with Crippen LogP contribution in [-0.4, -0.2) is 42.3 Å². The van der Waals surface area contributed by atoms with E-state index in [4.69, 9.17) is 9.97 Å². The van der Waals surface area contributed by atoms with Gasteiger partial charge in [0.25, 0.3) is 0 Å². The Morgan fingerprint density at radius 1 is 0.882 bits per heavy atom. The highest BCUT2D eigenvalue weighted by Crippen LogP contribution is 2.33. The number of benzene rings is 2. The second-order valence-electron chi connectivity index (χ2n) is 8.79. The predicted molar refractivity (Wildman–Crippen MR) is 131 cm³/mol. The first-order valence-corrected chi connectivity index (χ1v) is 13.2. The molecule has 1 fully saturated rings. The van der Waals surface area contributed by atoms with Crippen molar-refractivity contribution in [2.75, 3.05) is 24.5 Å². The van der Waals surface area contributed by atoms with Crippen LogP contribution in [0.25, 0.3) is 11.4 Å². The summed E-state index contributed by atoms with van der Waals surface area (Å²) in [6.07, 6.45) is 5.12. The monoisotopic (exact) mass is 473 g/mol. The van der Waals surface area contributed by atoms with E-state index in [0.29, 0.717) is 24.4 Å². The maximum absolute atomic E-state index is 13.5. The largest absolute Gasteiger partial charge is 0.356 e. The van der Waals surface area contributed by atoms with Gasteiger partial charge >= 0.3 is 0 Å². The van der Waals surface area contributed by atoms with Gasteiger partial charge in [-0.15, -0.1) is 0 Å². The maximum Gasteiger partial charge on any atom is 0.243 e. The Bertz CT molecular complexity index is 1330. The molecular weight excluding hydrogens is 446 g/mol. The molecule has 0 unspecified atom stereocenters. The third-order valence-corrected chi connectivity index (χ3v) is 8.38. The van der Waals surface area contributed by atoms with Gasteiger partial charge in [-0.05, 0) is 31.0 Å². The van der Waals surface area contributed by atoms with Gasteiger partial charge in [0.1, 0.15) is 5.82 Å². The van der Waals surface area contributed by atoms with Gasteiger partial charge in [0.05, 0.1) is 22.2 Å². The average Bonchev–Trinajstić information content (AvgIpc) is 3.18. The highest BCUT2D eigenvalue weighted by molar-refractivity contribution is 7.89. The summed E-state index contributed by atoms with van der Waals surface area (Å²) < 4.78 is 28.4. The Labute approximate surface area is 200 Å². The van der Waals surface area contributed by atoms with E-state index in [1.165, 1.54) is 23.2 Å². The van der Waals surface area contributed by atoms with Crippen molar-refractivity contribution >= 4 is 15.8 Å². The van der Waals surface area contributed by atoms with E-state index in [-0.39, 0.29) is 11.4 Å². The lowest BCUT2D eigenvalue weighted by Crippen LogP contribution is -2.38. The second-order valence-corrected chi connectivity index (χ2v) is 10.7. The van der Waals surface area contributed by atoms with Crippen LogP contribution in [0.1, 0.15) is 42.5 Å². The molecule has 0 bridgehead atoms. The fourth-order valence-corrected chi connectivity index (χ4v) is 6.17. The van der Waals surface area contributed by atoms with E-state index >= 15 is 0 Å². The first-order chi connectivity index (χ1) is 16.6. The van der Waals surface area contributed by atoms with Crippen molar-refractivity contribution in [2.24, 2.45) is 0 Å². The molecule has 0 radical (unpaired) electrons. The van der Waals surface area contributed by atoms with Crippen LogP contribution in [0.5, 0.6) is 0 Å². The number of fused-ring (bicyclic) bond motifs is 1. The summed E-state index contributed by atoms with van der Waals surface area (Å²) in [5.74, 6) is 1.55. The number of nitrogens with zero attached hydrogens (tertiary/aromatic N) is 5. The molecule has 3 heterocycles. The summed E-state index contributed by atoms with van der Waals surface area (Å²) in [7, 11) is -3.75. The third kappa shape index (κ3) is 4.41. The minimum absolute atomic E-state index is 0.146. The van der Waals surface area contributed by atoms with E-state index in [1.54, 1.807) is 18.2 Å². The standard InChI is InChI=1S/C26H27N5O2S/c27-18-20-9-8-12-22(17-20)34(32,33)31-16-13-24-23(19-31)26(30-14-6-1-2-7-15-30)29-25(28-24)21-10-4-3-5-11-21/h3-5,8-12,17H,1-2,6-7,13-16,19H2. The molecule has 174 valence electrons. The summed E-state index contributed by atoms with van der Waals surface area (Å²) in [5.41, 5.74) is 3.11. The van der Waals surface area contributed by atoms with Crippen LogP contribution in [0.15, 0.2) is 59.5 Å². The van der Waals surface area contributed by atoms with Gasteiger partial charge in [-0.3, -0.25) is 0 Å². The fourth-order valence-electron chi connectivity index (χ4n) is 4.71. The third-order valence-electron chi connectivity index (χ3n) is 6.54. The smallest absolute Gasteiger partial charge is 0.243 e. The SMILES string of the molecule is N#Cc1cccc(S(=O)(=O)N2CCc3nc(-c4ccccc4)nc(N4CCCCCC4)c3C2)c1. The van der Waals surface area contributed by atoms with Crippen molar-refractivity contribution in [3.63, 3.8) is 0 Å². The number of sulfonamides is 1. The van der Waals surface area contributed by atoms with Crippen LogP contribution < -0.4 is 4.90 Å². The molecule has 0 N–H and O–H groups in total. The summed E-state index contributed by atoms with van der Waals surface area (Å²) in [4.78, 5) is 12.3. The number of hydrogen-bond donors (Lipinski definition) is 0. The maximum atomic E-state index is 13.5. The summed E-state index contributed by atoms with van der Waals surface area (Å²) in [6, 6.07) is 18.2. The van der Waals surface area contributed by atoms with Crippen molar-refractivity contribution in [2.45, 2.75) is 43.5 Å². The van der Waals surface area contributed by atoms with E-state index < -0.39 is 10.0 Å². The van der Waals surface area contributed by atoms with Crippen LogP contribution in [0.2, 0.25) is 0 Å². The minimum Gasteiger partial charge on any atom is -0.356 e. The van der Waals surface area contributed by atoms with Crippen molar-refractivity contribution in [3.8, 4) is 17.5 Å². The summed E-state index contributed by atoms with van der Waals surface area (Å²) in [6.45, 7) is 2.40. The molecule has 7 nitrogen and oxygen atoms in total. The first-order valence-electron chi connectivity index (χ1n) is 11.8. The molecule has 0 aliphatic carbocycles. The van der Waals surface area contributed by atoms with Crippen LogP contribution in [0, 0.1) is 11.3 Å². The molecule has 2 aliphatic rings. The number of aromatic nitrogens is 2. The summed E-state index contributed by atoms with van der Waals surface area (Å²) in [5, 5.41) is 9.21. The van der Waals surface area contributed by atoms with E-state index in [0.717, 1.165) is 48.6 Å². The van der Waals surface area contributed by atoms with Crippen molar-refractivity contribution in [1.82, 2.24) is 14.3 Å². The minimum atomic E-state index is -3.75. The highest BCUT2D eigenvalue weighted by atomic mass is 32.2. The molecule has 5 rings (SSSR count). The Kier molecular flexibility index (Phi) is 6.31. The van der Waals surface area contributed by atoms with Crippen LogP contribution >= 0.6 is 0 Å². The second kappa shape index (κ2) is 9.53. The molecule has 2 aliphatic heterocycles. The predicted octanol–water partition coefficient (Wildman–Crippen LogP) is 4.14. The first kappa shape index (κ1) is 22.5. The topological polar surface area (TPSA) is 90.2 Å². The zero-order valence-electron chi connectivity index (χ0n) is 19.0. The molecule has 2 aromatic carbocycles. The van der Waals surface area contributed by atoms with Gasteiger partial charge < -0.3 is 4.90 Å². The average molecular weight is 474 g/mol. The molecule has 0 atom stereocenters. The van der Waals surface area contributed by atoms with Crippen molar-refractivity contribution in [1.29, 1.82) is 5.26 Å².